The number of hydrogen-bond acceptors (Lipinski definition) is 3. The van der Waals surface area contributed by atoms with Crippen molar-refractivity contribution < 1.29 is 8.42 Å². The largest absolute Gasteiger partial charge is 0.313 e. The van der Waals surface area contributed by atoms with Gasteiger partial charge in [-0.05, 0) is 37.1 Å². The minimum atomic E-state index is -3.40. The molecule has 0 heterocycles. The maximum Gasteiger partial charge on any atom is 0.243 e. The maximum atomic E-state index is 12.8. The zero-order valence-electron chi connectivity index (χ0n) is 13.6. The normalized spacial score (nSPS) is 12.0. The van der Waals surface area contributed by atoms with Crippen LogP contribution in [0.2, 0.25) is 0 Å². The van der Waals surface area contributed by atoms with Crippen molar-refractivity contribution in [3.05, 3.63) is 29.3 Å². The van der Waals surface area contributed by atoms with Crippen molar-refractivity contribution >= 4 is 10.0 Å². The molecule has 0 spiro atoms. The van der Waals surface area contributed by atoms with Crippen molar-refractivity contribution in [2.45, 2.75) is 52.0 Å². The average molecular weight is 312 g/mol. The molecule has 0 aliphatic carbocycles. The van der Waals surface area contributed by atoms with Gasteiger partial charge in [-0.15, -0.1) is 0 Å². The molecule has 0 saturated carbocycles. The van der Waals surface area contributed by atoms with Crippen molar-refractivity contribution in [2.24, 2.45) is 0 Å². The van der Waals surface area contributed by atoms with Gasteiger partial charge in [0.25, 0.3) is 0 Å². The first-order valence-corrected chi connectivity index (χ1v) is 9.21. The Morgan fingerprint density at radius 2 is 1.90 bits per heavy atom. The summed E-state index contributed by atoms with van der Waals surface area (Å²) < 4.78 is 27.2. The molecule has 0 atom stereocenters. The van der Waals surface area contributed by atoms with Gasteiger partial charge in [0.1, 0.15) is 0 Å². The van der Waals surface area contributed by atoms with Crippen molar-refractivity contribution in [3.63, 3.8) is 0 Å². The number of sulfonamides is 1. The van der Waals surface area contributed by atoms with Crippen LogP contribution in [-0.4, -0.2) is 32.4 Å². The van der Waals surface area contributed by atoms with Gasteiger partial charge in [0.05, 0.1) is 4.90 Å². The standard InChI is InChI=1S/C16H28N2O2S/c1-5-8-11-18(7-3)21(19,20)16-12-15(13-17-6-2)10-9-14(16)4/h9-10,12,17H,5-8,11,13H2,1-4H3. The van der Waals surface area contributed by atoms with E-state index in [1.54, 1.807) is 4.31 Å². The Morgan fingerprint density at radius 3 is 2.48 bits per heavy atom. The summed E-state index contributed by atoms with van der Waals surface area (Å²) in [6, 6.07) is 5.69. The zero-order chi connectivity index (χ0) is 15.9. The van der Waals surface area contributed by atoms with Gasteiger partial charge in [0.2, 0.25) is 10.0 Å². The summed E-state index contributed by atoms with van der Waals surface area (Å²) >= 11 is 0. The summed E-state index contributed by atoms with van der Waals surface area (Å²) in [4.78, 5) is 0.441. The lowest BCUT2D eigenvalue weighted by atomic mass is 10.1. The van der Waals surface area contributed by atoms with Crippen LogP contribution < -0.4 is 5.32 Å². The molecule has 21 heavy (non-hydrogen) atoms. The summed E-state index contributed by atoms with van der Waals surface area (Å²) in [5.74, 6) is 0. The highest BCUT2D eigenvalue weighted by molar-refractivity contribution is 7.89. The molecule has 0 aromatic heterocycles. The summed E-state index contributed by atoms with van der Waals surface area (Å²) in [5, 5.41) is 3.23. The molecule has 1 aromatic carbocycles. The number of nitrogens with zero attached hydrogens (tertiary/aromatic N) is 1. The van der Waals surface area contributed by atoms with Gasteiger partial charge in [0.15, 0.2) is 0 Å². The van der Waals surface area contributed by atoms with Gasteiger partial charge in [-0.25, -0.2) is 8.42 Å². The van der Waals surface area contributed by atoms with Crippen molar-refractivity contribution in [1.29, 1.82) is 0 Å². The van der Waals surface area contributed by atoms with Crippen LogP contribution in [0.4, 0.5) is 0 Å². The smallest absolute Gasteiger partial charge is 0.243 e. The third-order valence-electron chi connectivity index (χ3n) is 3.56. The Hall–Kier alpha value is -0.910. The molecule has 0 unspecified atom stereocenters. The molecule has 0 bridgehead atoms. The van der Waals surface area contributed by atoms with E-state index in [2.05, 4.69) is 12.2 Å². The second-order valence-corrected chi connectivity index (χ2v) is 7.14. The molecule has 0 aliphatic heterocycles. The fraction of sp³-hybridized carbons (Fsp3) is 0.625. The first-order valence-electron chi connectivity index (χ1n) is 7.77. The zero-order valence-corrected chi connectivity index (χ0v) is 14.5. The predicted octanol–water partition coefficient (Wildman–Crippen LogP) is 2.92. The van der Waals surface area contributed by atoms with Crippen LogP contribution in [0.1, 0.15) is 44.7 Å². The van der Waals surface area contributed by atoms with E-state index in [4.69, 9.17) is 0 Å². The number of benzene rings is 1. The number of unbranched alkanes of at least 4 members (excludes halogenated alkanes) is 1. The van der Waals surface area contributed by atoms with E-state index < -0.39 is 10.0 Å². The van der Waals surface area contributed by atoms with Crippen LogP contribution in [0.25, 0.3) is 0 Å². The predicted molar refractivity (Wildman–Crippen MR) is 87.9 cm³/mol. The quantitative estimate of drug-likeness (QED) is 0.763. The van der Waals surface area contributed by atoms with E-state index >= 15 is 0 Å². The molecule has 120 valence electrons. The first-order chi connectivity index (χ1) is 9.97. The fourth-order valence-corrected chi connectivity index (χ4v) is 3.99. The van der Waals surface area contributed by atoms with Crippen LogP contribution in [-0.2, 0) is 16.6 Å². The highest BCUT2D eigenvalue weighted by atomic mass is 32.2. The van der Waals surface area contributed by atoms with Gasteiger partial charge in [-0.3, -0.25) is 0 Å². The molecule has 0 saturated heterocycles. The van der Waals surface area contributed by atoms with Gasteiger partial charge in [-0.2, -0.15) is 4.31 Å². The minimum Gasteiger partial charge on any atom is -0.313 e. The lowest BCUT2D eigenvalue weighted by Crippen LogP contribution is -2.32. The molecule has 0 fully saturated rings. The van der Waals surface area contributed by atoms with Crippen LogP contribution in [0, 0.1) is 6.92 Å². The number of rotatable bonds is 9. The summed E-state index contributed by atoms with van der Waals surface area (Å²) in [5.41, 5.74) is 1.82. The Labute approximate surface area is 129 Å². The van der Waals surface area contributed by atoms with E-state index in [0.29, 0.717) is 24.5 Å². The molecule has 1 rings (SSSR count). The average Bonchev–Trinajstić information content (AvgIpc) is 2.46. The molecule has 5 heteroatoms. The van der Waals surface area contributed by atoms with Gasteiger partial charge in [-0.1, -0.05) is 39.3 Å². The minimum absolute atomic E-state index is 0.441. The molecule has 0 aliphatic rings. The lowest BCUT2D eigenvalue weighted by Gasteiger charge is -2.22. The SMILES string of the molecule is CCCCN(CC)S(=O)(=O)c1cc(CNCC)ccc1C. The van der Waals surface area contributed by atoms with E-state index in [1.807, 2.05) is 39.0 Å². The second kappa shape index (κ2) is 8.51. The first kappa shape index (κ1) is 18.1. The van der Waals surface area contributed by atoms with E-state index in [9.17, 15) is 8.42 Å². The molecule has 0 amide bonds. The highest BCUT2D eigenvalue weighted by Crippen LogP contribution is 2.22. The Kier molecular flexibility index (Phi) is 7.35. The van der Waals surface area contributed by atoms with Gasteiger partial charge >= 0.3 is 0 Å². The highest BCUT2D eigenvalue weighted by Gasteiger charge is 2.24. The van der Waals surface area contributed by atoms with E-state index in [0.717, 1.165) is 30.5 Å². The molecule has 1 N–H and O–H groups in total. The van der Waals surface area contributed by atoms with Crippen LogP contribution in [0.5, 0.6) is 0 Å². The number of aryl methyl sites for hydroxylation is 1. The Bertz CT molecular complexity index is 541. The Morgan fingerprint density at radius 1 is 1.19 bits per heavy atom. The molecular weight excluding hydrogens is 284 g/mol. The molecule has 1 aromatic rings. The summed E-state index contributed by atoms with van der Waals surface area (Å²) in [7, 11) is -3.40. The van der Waals surface area contributed by atoms with Crippen molar-refractivity contribution in [1.82, 2.24) is 9.62 Å². The number of nitrogens with one attached hydrogen (secondary N) is 1. The van der Waals surface area contributed by atoms with Crippen LogP contribution in [0.3, 0.4) is 0 Å². The molecular formula is C16H28N2O2S. The molecule has 4 nitrogen and oxygen atoms in total. The molecule has 0 radical (unpaired) electrons. The van der Waals surface area contributed by atoms with E-state index in [1.165, 1.54) is 0 Å². The van der Waals surface area contributed by atoms with Gasteiger partial charge < -0.3 is 5.32 Å². The van der Waals surface area contributed by atoms with Crippen LogP contribution >= 0.6 is 0 Å². The Balaban J connectivity index is 3.10. The van der Waals surface area contributed by atoms with Gasteiger partial charge in [0, 0.05) is 19.6 Å². The maximum absolute atomic E-state index is 12.8. The third-order valence-corrected chi connectivity index (χ3v) is 5.68. The van der Waals surface area contributed by atoms with Crippen LogP contribution in [0.15, 0.2) is 23.1 Å². The lowest BCUT2D eigenvalue weighted by molar-refractivity contribution is 0.418. The summed E-state index contributed by atoms with van der Waals surface area (Å²) in [6.45, 7) is 10.5. The van der Waals surface area contributed by atoms with Crippen molar-refractivity contribution in [3.8, 4) is 0 Å². The second-order valence-electron chi connectivity index (χ2n) is 5.23. The third kappa shape index (κ3) is 4.80. The van der Waals surface area contributed by atoms with E-state index in [-0.39, 0.29) is 0 Å². The summed E-state index contributed by atoms with van der Waals surface area (Å²) in [6.07, 6.45) is 1.88. The topological polar surface area (TPSA) is 49.4 Å². The fourth-order valence-electron chi connectivity index (χ4n) is 2.22. The monoisotopic (exact) mass is 312 g/mol. The van der Waals surface area contributed by atoms with Crippen molar-refractivity contribution in [2.75, 3.05) is 19.6 Å². The number of hydrogen-bond donors (Lipinski definition) is 1.